The highest BCUT2D eigenvalue weighted by Gasteiger charge is 2.08. The Hall–Kier alpha value is -0.870. The summed E-state index contributed by atoms with van der Waals surface area (Å²) in [6.45, 7) is 2.18. The molecule has 0 radical (unpaired) electrons. The number of hydrogen-bond donors (Lipinski definition) is 0. The molecule has 0 fully saturated rings. The van der Waals surface area contributed by atoms with Crippen LogP contribution in [0.5, 0.6) is 0 Å². The Bertz CT molecular complexity index is 322. The zero-order valence-corrected chi connectivity index (χ0v) is 7.96. The Balaban J connectivity index is 2.29. The van der Waals surface area contributed by atoms with Gasteiger partial charge < -0.3 is 0 Å². The standard InChI is InChI=1S/C11H11P/c1-9-7-8-11(12-9)10-5-3-2-4-6-10/h2-8,11H,1H3. The van der Waals surface area contributed by atoms with E-state index in [1.807, 2.05) is 0 Å². The molecule has 0 aliphatic carbocycles. The van der Waals surface area contributed by atoms with E-state index in [1.54, 1.807) is 0 Å². The lowest BCUT2D eigenvalue weighted by atomic mass is 10.1. The lowest BCUT2D eigenvalue weighted by molar-refractivity contribution is 1.24. The first-order valence-corrected chi connectivity index (χ1v) is 5.10. The molecule has 0 N–H and O–H groups in total. The van der Waals surface area contributed by atoms with Gasteiger partial charge in [0.25, 0.3) is 0 Å². The third-order valence-corrected chi connectivity index (χ3v) is 3.31. The summed E-state index contributed by atoms with van der Waals surface area (Å²) in [5.41, 5.74) is 2.03. The number of allylic oxidation sites excluding steroid dienone is 2. The van der Waals surface area contributed by atoms with E-state index >= 15 is 0 Å². The van der Waals surface area contributed by atoms with E-state index in [1.165, 1.54) is 19.1 Å². The van der Waals surface area contributed by atoms with Crippen LogP contribution in [0.3, 0.4) is 0 Å². The van der Waals surface area contributed by atoms with E-state index in [-0.39, 0.29) is 0 Å². The SMILES string of the molecule is CC1=PC(c2ccccc2)C=C1. The summed E-state index contributed by atoms with van der Waals surface area (Å²) >= 11 is 0. The predicted octanol–water partition coefficient (Wildman–Crippen LogP) is 3.44. The van der Waals surface area contributed by atoms with E-state index in [2.05, 4.69) is 49.4 Å². The van der Waals surface area contributed by atoms with E-state index in [0.717, 1.165) is 0 Å². The van der Waals surface area contributed by atoms with Crippen molar-refractivity contribution in [3.05, 3.63) is 48.0 Å². The average Bonchev–Trinajstić information content (AvgIpc) is 2.54. The number of rotatable bonds is 1. The Morgan fingerprint density at radius 1 is 1.17 bits per heavy atom. The number of hydrogen-bond acceptors (Lipinski definition) is 0. The normalized spacial score (nSPS) is 22.4. The molecule has 1 aromatic rings. The van der Waals surface area contributed by atoms with Gasteiger partial charge in [0, 0.05) is 5.66 Å². The lowest BCUT2D eigenvalue weighted by Crippen LogP contribution is -1.81. The molecular formula is C11H11P. The molecule has 1 aromatic carbocycles. The van der Waals surface area contributed by atoms with Crippen LogP contribution in [0.4, 0.5) is 0 Å². The fraction of sp³-hybridized carbons (Fsp3) is 0.182. The lowest BCUT2D eigenvalue weighted by Gasteiger charge is -2.02. The maximum absolute atomic E-state index is 2.28. The summed E-state index contributed by atoms with van der Waals surface area (Å²) < 4.78 is 0. The summed E-state index contributed by atoms with van der Waals surface area (Å²) in [6, 6.07) is 10.7. The largest absolute Gasteiger partial charge is 0.0888 e. The van der Waals surface area contributed by atoms with Gasteiger partial charge in [-0.1, -0.05) is 50.7 Å². The highest BCUT2D eigenvalue weighted by atomic mass is 31.1. The topological polar surface area (TPSA) is 0 Å². The van der Waals surface area contributed by atoms with Crippen molar-refractivity contribution >= 4 is 13.5 Å². The zero-order chi connectivity index (χ0) is 8.39. The van der Waals surface area contributed by atoms with Crippen molar-refractivity contribution in [1.29, 1.82) is 0 Å². The van der Waals surface area contributed by atoms with Gasteiger partial charge in [-0.15, -0.1) is 0 Å². The zero-order valence-electron chi connectivity index (χ0n) is 7.07. The van der Waals surface area contributed by atoms with Crippen molar-refractivity contribution in [3.63, 3.8) is 0 Å². The minimum atomic E-state index is 0.603. The summed E-state index contributed by atoms with van der Waals surface area (Å²) in [5.74, 6) is 0. The first-order chi connectivity index (χ1) is 5.86. The highest BCUT2D eigenvalue weighted by molar-refractivity contribution is 7.42. The van der Waals surface area contributed by atoms with E-state index in [0.29, 0.717) is 5.66 Å². The number of benzene rings is 1. The Morgan fingerprint density at radius 2 is 1.92 bits per heavy atom. The molecular weight excluding hydrogens is 163 g/mol. The first-order valence-electron chi connectivity index (χ1n) is 4.14. The van der Waals surface area contributed by atoms with Crippen LogP contribution < -0.4 is 0 Å². The van der Waals surface area contributed by atoms with Gasteiger partial charge in [-0.25, -0.2) is 0 Å². The molecule has 0 spiro atoms. The molecule has 0 amide bonds. The quantitative estimate of drug-likeness (QED) is 0.572. The van der Waals surface area contributed by atoms with Crippen LogP contribution in [0.1, 0.15) is 18.1 Å². The molecule has 1 atom stereocenters. The second-order valence-corrected chi connectivity index (χ2v) is 4.51. The second kappa shape index (κ2) is 3.25. The Morgan fingerprint density at radius 3 is 2.50 bits per heavy atom. The fourth-order valence-electron chi connectivity index (χ4n) is 1.37. The maximum Gasteiger partial charge on any atom is 0.0444 e. The Kier molecular flexibility index (Phi) is 2.10. The molecule has 0 saturated carbocycles. The molecule has 1 heterocycles. The van der Waals surface area contributed by atoms with Gasteiger partial charge >= 0.3 is 0 Å². The van der Waals surface area contributed by atoms with Gasteiger partial charge in [0.05, 0.1) is 0 Å². The smallest absolute Gasteiger partial charge is 0.0444 e. The van der Waals surface area contributed by atoms with Gasteiger partial charge in [-0.3, -0.25) is 0 Å². The van der Waals surface area contributed by atoms with Crippen LogP contribution in [0.25, 0.3) is 0 Å². The molecule has 1 aliphatic heterocycles. The second-order valence-electron chi connectivity index (χ2n) is 2.99. The minimum absolute atomic E-state index is 0.603. The molecule has 0 saturated heterocycles. The molecule has 0 nitrogen and oxygen atoms in total. The molecule has 12 heavy (non-hydrogen) atoms. The van der Waals surface area contributed by atoms with Crippen LogP contribution >= 0.6 is 8.20 Å². The van der Waals surface area contributed by atoms with Gasteiger partial charge in [0.15, 0.2) is 0 Å². The van der Waals surface area contributed by atoms with E-state index < -0.39 is 0 Å². The molecule has 1 unspecified atom stereocenters. The van der Waals surface area contributed by atoms with E-state index in [9.17, 15) is 0 Å². The molecule has 60 valence electrons. The molecule has 1 aliphatic rings. The van der Waals surface area contributed by atoms with Crippen LogP contribution in [0.15, 0.2) is 42.5 Å². The molecule has 2 rings (SSSR count). The van der Waals surface area contributed by atoms with Crippen molar-refractivity contribution in [1.82, 2.24) is 0 Å². The van der Waals surface area contributed by atoms with Crippen LogP contribution in [-0.4, -0.2) is 5.29 Å². The van der Waals surface area contributed by atoms with Gasteiger partial charge in [0.2, 0.25) is 0 Å². The van der Waals surface area contributed by atoms with Crippen molar-refractivity contribution in [2.45, 2.75) is 12.6 Å². The van der Waals surface area contributed by atoms with E-state index in [4.69, 9.17) is 0 Å². The monoisotopic (exact) mass is 174 g/mol. The van der Waals surface area contributed by atoms with Gasteiger partial charge in [-0.2, -0.15) is 0 Å². The Labute approximate surface area is 74.7 Å². The summed E-state index contributed by atoms with van der Waals surface area (Å²) in [5, 5.41) is 1.46. The summed E-state index contributed by atoms with van der Waals surface area (Å²) in [4.78, 5) is 0. The summed E-state index contributed by atoms with van der Waals surface area (Å²) in [6.07, 6.45) is 4.51. The van der Waals surface area contributed by atoms with Gasteiger partial charge in [0.1, 0.15) is 0 Å². The van der Waals surface area contributed by atoms with Crippen molar-refractivity contribution in [2.75, 3.05) is 0 Å². The predicted molar refractivity (Wildman–Crippen MR) is 55.9 cm³/mol. The third kappa shape index (κ3) is 1.49. The van der Waals surface area contributed by atoms with Gasteiger partial charge in [-0.05, 0) is 17.8 Å². The van der Waals surface area contributed by atoms with Crippen molar-refractivity contribution < 1.29 is 0 Å². The fourth-order valence-corrected chi connectivity index (χ4v) is 2.48. The molecule has 0 aromatic heterocycles. The highest BCUT2D eigenvalue weighted by Crippen LogP contribution is 2.34. The maximum atomic E-state index is 2.28. The van der Waals surface area contributed by atoms with Crippen LogP contribution in [0.2, 0.25) is 0 Å². The summed E-state index contributed by atoms with van der Waals surface area (Å²) in [7, 11) is 1.44. The van der Waals surface area contributed by atoms with Crippen LogP contribution in [0, 0.1) is 0 Å². The third-order valence-electron chi connectivity index (χ3n) is 2.00. The van der Waals surface area contributed by atoms with Crippen molar-refractivity contribution in [3.8, 4) is 0 Å². The van der Waals surface area contributed by atoms with Crippen LogP contribution in [-0.2, 0) is 0 Å². The first kappa shape index (κ1) is 7.76. The minimum Gasteiger partial charge on any atom is -0.0888 e. The molecule has 0 bridgehead atoms. The molecule has 1 heteroatoms. The average molecular weight is 174 g/mol. The van der Waals surface area contributed by atoms with Crippen molar-refractivity contribution in [2.24, 2.45) is 0 Å².